The molecular weight excluding hydrogens is 319 g/mol. The highest BCUT2D eigenvalue weighted by molar-refractivity contribution is 6.33. The average Bonchev–Trinajstić information content (AvgIpc) is 2.44. The SMILES string of the molecule is FC(F)Oc1ccccc1CNCc1cc(Cl)ccc1Cl. The van der Waals surface area contributed by atoms with E-state index in [9.17, 15) is 8.78 Å². The Kier molecular flexibility index (Phi) is 5.79. The van der Waals surface area contributed by atoms with Crippen LogP contribution in [0.2, 0.25) is 10.0 Å². The van der Waals surface area contributed by atoms with Gasteiger partial charge in [0.25, 0.3) is 0 Å². The summed E-state index contributed by atoms with van der Waals surface area (Å²) in [7, 11) is 0. The second-order valence-electron chi connectivity index (χ2n) is 4.33. The minimum atomic E-state index is -2.84. The molecule has 0 bridgehead atoms. The molecule has 2 rings (SSSR count). The fourth-order valence-electron chi connectivity index (χ4n) is 1.87. The van der Waals surface area contributed by atoms with Gasteiger partial charge in [0.15, 0.2) is 0 Å². The Morgan fingerprint density at radius 3 is 2.48 bits per heavy atom. The quantitative estimate of drug-likeness (QED) is 0.814. The summed E-state index contributed by atoms with van der Waals surface area (Å²) in [4.78, 5) is 0. The minimum Gasteiger partial charge on any atom is -0.434 e. The van der Waals surface area contributed by atoms with Gasteiger partial charge in [-0.3, -0.25) is 0 Å². The van der Waals surface area contributed by atoms with Crippen molar-refractivity contribution in [1.29, 1.82) is 0 Å². The summed E-state index contributed by atoms with van der Waals surface area (Å²) in [5, 5.41) is 4.33. The zero-order valence-corrected chi connectivity index (χ0v) is 12.5. The van der Waals surface area contributed by atoms with Crippen LogP contribution in [0.4, 0.5) is 8.78 Å². The smallest absolute Gasteiger partial charge is 0.387 e. The molecule has 0 saturated carbocycles. The maximum Gasteiger partial charge on any atom is 0.387 e. The van der Waals surface area contributed by atoms with Crippen molar-refractivity contribution in [1.82, 2.24) is 5.32 Å². The first-order chi connectivity index (χ1) is 10.1. The third-order valence-corrected chi connectivity index (χ3v) is 3.43. The van der Waals surface area contributed by atoms with Gasteiger partial charge in [0.05, 0.1) is 0 Å². The Morgan fingerprint density at radius 2 is 1.71 bits per heavy atom. The van der Waals surface area contributed by atoms with Gasteiger partial charge < -0.3 is 10.1 Å². The van der Waals surface area contributed by atoms with Gasteiger partial charge in [0.2, 0.25) is 0 Å². The monoisotopic (exact) mass is 331 g/mol. The highest BCUT2D eigenvalue weighted by Gasteiger charge is 2.09. The molecule has 21 heavy (non-hydrogen) atoms. The number of nitrogens with one attached hydrogen (secondary N) is 1. The Morgan fingerprint density at radius 1 is 1.00 bits per heavy atom. The van der Waals surface area contributed by atoms with E-state index in [-0.39, 0.29) is 5.75 Å². The number of hydrogen-bond acceptors (Lipinski definition) is 2. The van der Waals surface area contributed by atoms with Gasteiger partial charge >= 0.3 is 6.61 Å². The van der Waals surface area contributed by atoms with Gasteiger partial charge in [0, 0.05) is 28.7 Å². The predicted octanol–water partition coefficient (Wildman–Crippen LogP) is 4.88. The van der Waals surface area contributed by atoms with Gasteiger partial charge in [-0.2, -0.15) is 8.78 Å². The van der Waals surface area contributed by atoms with Crippen LogP contribution in [0.25, 0.3) is 0 Å². The van der Waals surface area contributed by atoms with Crippen LogP contribution >= 0.6 is 23.2 Å². The molecule has 0 saturated heterocycles. The highest BCUT2D eigenvalue weighted by Crippen LogP contribution is 2.22. The lowest BCUT2D eigenvalue weighted by atomic mass is 10.2. The molecule has 2 aromatic rings. The lowest BCUT2D eigenvalue weighted by Crippen LogP contribution is -2.14. The highest BCUT2D eigenvalue weighted by atomic mass is 35.5. The van der Waals surface area contributed by atoms with Crippen molar-refractivity contribution in [3.05, 3.63) is 63.6 Å². The van der Waals surface area contributed by atoms with Gasteiger partial charge in [0.1, 0.15) is 5.75 Å². The van der Waals surface area contributed by atoms with Crippen LogP contribution in [0, 0.1) is 0 Å². The molecule has 0 amide bonds. The number of alkyl halides is 2. The maximum absolute atomic E-state index is 12.3. The van der Waals surface area contributed by atoms with E-state index in [1.807, 2.05) is 0 Å². The Balaban J connectivity index is 1.99. The van der Waals surface area contributed by atoms with Crippen molar-refractivity contribution in [3.63, 3.8) is 0 Å². The van der Waals surface area contributed by atoms with Crippen molar-refractivity contribution in [2.24, 2.45) is 0 Å². The lowest BCUT2D eigenvalue weighted by molar-refractivity contribution is -0.0505. The van der Waals surface area contributed by atoms with Crippen LogP contribution in [-0.4, -0.2) is 6.61 Å². The van der Waals surface area contributed by atoms with Crippen LogP contribution in [0.5, 0.6) is 5.75 Å². The van der Waals surface area contributed by atoms with Gasteiger partial charge in [-0.1, -0.05) is 41.4 Å². The summed E-state index contributed by atoms with van der Waals surface area (Å²) < 4.78 is 29.1. The molecule has 2 aromatic carbocycles. The van der Waals surface area contributed by atoms with E-state index in [1.165, 1.54) is 6.07 Å². The Labute approximate surface area is 131 Å². The second-order valence-corrected chi connectivity index (χ2v) is 5.17. The molecule has 2 nitrogen and oxygen atoms in total. The topological polar surface area (TPSA) is 21.3 Å². The molecule has 0 aliphatic heterocycles. The molecule has 0 aliphatic rings. The van der Waals surface area contributed by atoms with E-state index in [4.69, 9.17) is 23.2 Å². The molecule has 0 aliphatic carbocycles. The van der Waals surface area contributed by atoms with E-state index in [2.05, 4.69) is 10.1 Å². The second kappa shape index (κ2) is 7.59. The number of hydrogen-bond donors (Lipinski definition) is 1. The van der Waals surface area contributed by atoms with Crippen molar-refractivity contribution < 1.29 is 13.5 Å². The third-order valence-electron chi connectivity index (χ3n) is 2.83. The number of ether oxygens (including phenoxy) is 1. The normalized spacial score (nSPS) is 10.9. The molecule has 0 fully saturated rings. The van der Waals surface area contributed by atoms with Gasteiger partial charge in [-0.15, -0.1) is 0 Å². The molecule has 0 spiro atoms. The van der Waals surface area contributed by atoms with E-state index in [0.29, 0.717) is 28.7 Å². The summed E-state index contributed by atoms with van der Waals surface area (Å²) in [5.41, 5.74) is 1.49. The van der Waals surface area contributed by atoms with Crippen molar-refractivity contribution in [3.8, 4) is 5.75 Å². The molecule has 0 atom stereocenters. The molecule has 6 heteroatoms. The molecule has 112 valence electrons. The summed E-state index contributed by atoms with van der Waals surface area (Å²) in [6, 6.07) is 11.8. The predicted molar refractivity (Wildman–Crippen MR) is 80.1 cm³/mol. The number of rotatable bonds is 6. The fraction of sp³-hybridized carbons (Fsp3) is 0.200. The molecular formula is C15H13Cl2F2NO. The number of halogens is 4. The average molecular weight is 332 g/mol. The van der Waals surface area contributed by atoms with Crippen molar-refractivity contribution >= 4 is 23.2 Å². The largest absolute Gasteiger partial charge is 0.434 e. The number of para-hydroxylation sites is 1. The van der Waals surface area contributed by atoms with Crippen molar-refractivity contribution in [2.75, 3.05) is 0 Å². The van der Waals surface area contributed by atoms with Crippen LogP contribution in [0.15, 0.2) is 42.5 Å². The summed E-state index contributed by atoms with van der Waals surface area (Å²) in [5.74, 6) is 0.164. The van der Waals surface area contributed by atoms with Crippen LogP contribution in [0.3, 0.4) is 0 Å². The molecule has 0 radical (unpaired) electrons. The fourth-order valence-corrected chi connectivity index (χ4v) is 2.25. The first-order valence-electron chi connectivity index (χ1n) is 6.23. The van der Waals surface area contributed by atoms with E-state index in [1.54, 1.807) is 36.4 Å². The van der Waals surface area contributed by atoms with Crippen LogP contribution in [0.1, 0.15) is 11.1 Å². The Bertz CT molecular complexity index is 608. The molecule has 0 unspecified atom stereocenters. The van der Waals surface area contributed by atoms with E-state index < -0.39 is 6.61 Å². The summed E-state index contributed by atoms with van der Waals surface area (Å²) in [6.07, 6.45) is 0. The zero-order chi connectivity index (χ0) is 15.2. The first-order valence-corrected chi connectivity index (χ1v) is 6.99. The summed E-state index contributed by atoms with van der Waals surface area (Å²) in [6.45, 7) is -1.98. The van der Waals surface area contributed by atoms with Gasteiger partial charge in [-0.05, 0) is 29.8 Å². The third kappa shape index (κ3) is 4.84. The minimum absolute atomic E-state index is 0.164. The first kappa shape index (κ1) is 16.0. The lowest BCUT2D eigenvalue weighted by Gasteiger charge is -2.12. The van der Waals surface area contributed by atoms with Crippen LogP contribution < -0.4 is 10.1 Å². The van der Waals surface area contributed by atoms with Crippen molar-refractivity contribution in [2.45, 2.75) is 19.7 Å². The maximum atomic E-state index is 12.3. The molecule has 0 aromatic heterocycles. The van der Waals surface area contributed by atoms with E-state index in [0.717, 1.165) is 5.56 Å². The van der Waals surface area contributed by atoms with Gasteiger partial charge in [-0.25, -0.2) is 0 Å². The molecule has 0 heterocycles. The zero-order valence-electron chi connectivity index (χ0n) is 11.0. The summed E-state index contributed by atoms with van der Waals surface area (Å²) >= 11 is 12.0. The standard InChI is InChI=1S/C15H13Cl2F2NO/c16-12-5-6-13(17)11(7-12)9-20-8-10-3-1-2-4-14(10)21-15(18)19/h1-7,15,20H,8-9H2. The molecule has 1 N–H and O–H groups in total. The van der Waals surface area contributed by atoms with E-state index >= 15 is 0 Å². The van der Waals surface area contributed by atoms with Crippen LogP contribution in [-0.2, 0) is 13.1 Å². The Hall–Kier alpha value is -1.36. The number of benzene rings is 2.